The number of aryl methyl sites for hydroxylation is 1. The molecule has 3 heterocycles. The third kappa shape index (κ3) is 2.53. The van der Waals surface area contributed by atoms with E-state index in [1.165, 1.54) is 36.8 Å². The van der Waals surface area contributed by atoms with Crippen molar-refractivity contribution in [2.45, 2.75) is 44.1 Å². The van der Waals surface area contributed by atoms with Crippen molar-refractivity contribution in [1.82, 2.24) is 40.0 Å². The molecule has 9 nitrogen and oxygen atoms in total. The Labute approximate surface area is 166 Å². The zero-order chi connectivity index (χ0) is 19.4. The highest BCUT2D eigenvalue weighted by Crippen LogP contribution is 2.53. The Morgan fingerprint density at radius 3 is 2.45 bits per heavy atom. The maximum atomic E-state index is 6.20. The Balaban J connectivity index is 1.52. The number of benzene rings is 1. The zero-order valence-corrected chi connectivity index (χ0v) is 16.1. The van der Waals surface area contributed by atoms with Crippen molar-refractivity contribution < 1.29 is 4.74 Å². The van der Waals surface area contributed by atoms with E-state index in [0.29, 0.717) is 23.5 Å². The van der Waals surface area contributed by atoms with E-state index in [-0.39, 0.29) is 6.61 Å². The van der Waals surface area contributed by atoms with Crippen LogP contribution in [0.15, 0.2) is 30.3 Å². The molecule has 3 aliphatic rings. The van der Waals surface area contributed by atoms with E-state index in [4.69, 9.17) is 9.84 Å². The third-order valence-electron chi connectivity index (χ3n) is 6.21. The molecule has 0 saturated heterocycles. The number of nitrogens with zero attached hydrogens (tertiary/aromatic N) is 8. The van der Waals surface area contributed by atoms with Crippen molar-refractivity contribution in [2.24, 2.45) is 7.05 Å². The summed E-state index contributed by atoms with van der Waals surface area (Å²) in [6.07, 6.45) is 4.74. The molecule has 0 atom stereocenters. The van der Waals surface area contributed by atoms with Crippen molar-refractivity contribution in [2.75, 3.05) is 0 Å². The van der Waals surface area contributed by atoms with Crippen molar-refractivity contribution in [1.29, 1.82) is 0 Å². The summed E-state index contributed by atoms with van der Waals surface area (Å²) in [5.41, 5.74) is 4.32. The van der Waals surface area contributed by atoms with Crippen molar-refractivity contribution in [3.8, 4) is 17.3 Å². The molecule has 3 aliphatic carbocycles. The Kier molecular flexibility index (Phi) is 3.62. The summed E-state index contributed by atoms with van der Waals surface area (Å²) in [6.45, 7) is 0.272. The molecule has 0 aliphatic heterocycles. The number of ether oxygens (including phenoxy) is 1. The molecule has 0 unspecified atom stereocenters. The van der Waals surface area contributed by atoms with Crippen LogP contribution in [-0.4, -0.2) is 40.0 Å². The summed E-state index contributed by atoms with van der Waals surface area (Å²) in [4.78, 5) is 0. The number of hydrogen-bond donors (Lipinski definition) is 0. The maximum Gasteiger partial charge on any atom is 0.236 e. The lowest BCUT2D eigenvalue weighted by Crippen LogP contribution is -2.25. The van der Waals surface area contributed by atoms with E-state index < -0.39 is 0 Å². The molecule has 7 rings (SSSR count). The molecule has 1 aromatic carbocycles. The summed E-state index contributed by atoms with van der Waals surface area (Å²) >= 11 is 0. The minimum absolute atomic E-state index is 0.272. The lowest BCUT2D eigenvalue weighted by molar-refractivity contribution is 0.257. The second-order valence-corrected chi connectivity index (χ2v) is 7.81. The zero-order valence-electron chi connectivity index (χ0n) is 16.1. The standard InChI is InChI=1S/C20H20N8O/c1-27-15(21-25-26-27)11-29-20-17-13-9-7-12(8-10-13)16(17)19-23-22-18(28(19)24-20)14-5-3-2-4-6-14/h2-6,12-13H,7-11H2,1H3. The van der Waals surface area contributed by atoms with E-state index >= 15 is 0 Å². The summed E-state index contributed by atoms with van der Waals surface area (Å²) in [5, 5.41) is 25.5. The van der Waals surface area contributed by atoms with Crippen LogP contribution in [0.4, 0.5) is 0 Å². The van der Waals surface area contributed by atoms with Gasteiger partial charge in [-0.25, -0.2) is 4.68 Å². The van der Waals surface area contributed by atoms with E-state index in [1.54, 1.807) is 11.7 Å². The van der Waals surface area contributed by atoms with Gasteiger partial charge in [0.05, 0.1) is 0 Å². The second-order valence-electron chi connectivity index (χ2n) is 7.81. The molecule has 2 bridgehead atoms. The van der Waals surface area contributed by atoms with E-state index in [1.807, 2.05) is 34.8 Å². The van der Waals surface area contributed by atoms with Gasteiger partial charge in [-0.2, -0.15) is 4.52 Å². The lowest BCUT2D eigenvalue weighted by Gasteiger charge is -2.38. The molecule has 4 aromatic rings. The Hall–Kier alpha value is -3.36. The average molecular weight is 388 g/mol. The molecule has 0 amide bonds. The highest BCUT2D eigenvalue weighted by molar-refractivity contribution is 5.65. The van der Waals surface area contributed by atoms with Crippen LogP contribution in [0, 0.1) is 0 Å². The fourth-order valence-electron chi connectivity index (χ4n) is 4.77. The first kappa shape index (κ1) is 16.6. The molecule has 3 aromatic heterocycles. The molecule has 0 radical (unpaired) electrons. The number of fused-ring (bicyclic) bond motifs is 3. The topological polar surface area (TPSA) is 95.9 Å². The van der Waals surface area contributed by atoms with Crippen LogP contribution in [0.3, 0.4) is 0 Å². The Morgan fingerprint density at radius 2 is 1.72 bits per heavy atom. The molecular weight excluding hydrogens is 368 g/mol. The van der Waals surface area contributed by atoms with E-state index in [2.05, 4.69) is 25.7 Å². The van der Waals surface area contributed by atoms with Gasteiger partial charge in [0.25, 0.3) is 0 Å². The average Bonchev–Trinajstić information content (AvgIpc) is 3.39. The van der Waals surface area contributed by atoms with Crippen LogP contribution in [0.5, 0.6) is 5.88 Å². The molecule has 0 N–H and O–H groups in total. The fourth-order valence-corrected chi connectivity index (χ4v) is 4.77. The Bertz CT molecular complexity index is 1190. The van der Waals surface area contributed by atoms with Crippen LogP contribution < -0.4 is 4.74 Å². The number of aromatic nitrogens is 8. The van der Waals surface area contributed by atoms with Gasteiger partial charge in [-0.1, -0.05) is 30.3 Å². The first-order valence-corrected chi connectivity index (χ1v) is 9.98. The number of tetrazole rings is 1. The van der Waals surface area contributed by atoms with Gasteiger partial charge in [0.15, 0.2) is 23.9 Å². The molecule has 0 spiro atoms. The quantitative estimate of drug-likeness (QED) is 0.530. The van der Waals surface area contributed by atoms with Gasteiger partial charge in [0.1, 0.15) is 0 Å². The molecule has 1 saturated carbocycles. The van der Waals surface area contributed by atoms with Gasteiger partial charge < -0.3 is 4.74 Å². The summed E-state index contributed by atoms with van der Waals surface area (Å²) in [5.74, 6) is 3.01. The highest BCUT2D eigenvalue weighted by atomic mass is 16.5. The van der Waals surface area contributed by atoms with Crippen LogP contribution in [-0.2, 0) is 13.7 Å². The maximum absolute atomic E-state index is 6.20. The SMILES string of the molecule is Cn1nnnc1COc1nn2c(-c3ccccc3)nnc2c2c1C1CCC2CC1. The summed E-state index contributed by atoms with van der Waals surface area (Å²) in [6, 6.07) is 10.0. The Morgan fingerprint density at radius 1 is 0.966 bits per heavy atom. The number of hydrogen-bond acceptors (Lipinski definition) is 7. The van der Waals surface area contributed by atoms with Crippen LogP contribution in [0.2, 0.25) is 0 Å². The first-order valence-electron chi connectivity index (χ1n) is 9.98. The van der Waals surface area contributed by atoms with Gasteiger partial charge in [-0.15, -0.1) is 20.4 Å². The fraction of sp³-hybridized carbons (Fsp3) is 0.400. The van der Waals surface area contributed by atoms with Crippen molar-refractivity contribution >= 4 is 5.65 Å². The van der Waals surface area contributed by atoms with Crippen LogP contribution >= 0.6 is 0 Å². The number of rotatable bonds is 4. The van der Waals surface area contributed by atoms with E-state index in [9.17, 15) is 0 Å². The van der Waals surface area contributed by atoms with Crippen molar-refractivity contribution in [3.63, 3.8) is 0 Å². The van der Waals surface area contributed by atoms with Gasteiger partial charge in [0, 0.05) is 23.7 Å². The molecule has 146 valence electrons. The normalized spacial score (nSPS) is 20.2. The molecule has 9 heteroatoms. The van der Waals surface area contributed by atoms with Gasteiger partial charge >= 0.3 is 0 Å². The van der Waals surface area contributed by atoms with Crippen molar-refractivity contribution in [3.05, 3.63) is 47.3 Å². The minimum Gasteiger partial charge on any atom is -0.468 e. The van der Waals surface area contributed by atoms with E-state index in [0.717, 1.165) is 17.0 Å². The van der Waals surface area contributed by atoms with Crippen LogP contribution in [0.1, 0.15) is 54.5 Å². The predicted octanol–water partition coefficient (Wildman–Crippen LogP) is 2.65. The molecule has 29 heavy (non-hydrogen) atoms. The third-order valence-corrected chi connectivity index (χ3v) is 6.21. The van der Waals surface area contributed by atoms with Crippen LogP contribution in [0.25, 0.3) is 17.0 Å². The van der Waals surface area contributed by atoms with Gasteiger partial charge in [-0.3, -0.25) is 0 Å². The molecular formula is C20H20N8O. The smallest absolute Gasteiger partial charge is 0.236 e. The lowest BCUT2D eigenvalue weighted by atomic mass is 9.67. The highest BCUT2D eigenvalue weighted by Gasteiger charge is 2.39. The second kappa shape index (κ2) is 6.33. The summed E-state index contributed by atoms with van der Waals surface area (Å²) < 4.78 is 9.66. The first-order chi connectivity index (χ1) is 14.3. The summed E-state index contributed by atoms with van der Waals surface area (Å²) in [7, 11) is 1.81. The largest absolute Gasteiger partial charge is 0.468 e. The predicted molar refractivity (Wildman–Crippen MR) is 103 cm³/mol. The monoisotopic (exact) mass is 388 g/mol. The minimum atomic E-state index is 0.272. The molecule has 1 fully saturated rings. The van der Waals surface area contributed by atoms with Gasteiger partial charge in [-0.05, 0) is 47.9 Å². The van der Waals surface area contributed by atoms with Gasteiger partial charge in [0.2, 0.25) is 5.88 Å².